The van der Waals surface area contributed by atoms with Crippen LogP contribution in [0.1, 0.15) is 44.3 Å². The number of aromatic nitrogens is 3. The second-order valence-electron chi connectivity index (χ2n) is 7.00. The van der Waals surface area contributed by atoms with E-state index in [-0.39, 0.29) is 5.91 Å². The summed E-state index contributed by atoms with van der Waals surface area (Å²) in [5.41, 5.74) is 1.84. The van der Waals surface area contributed by atoms with E-state index in [4.69, 9.17) is 0 Å². The van der Waals surface area contributed by atoms with E-state index in [1.54, 1.807) is 0 Å². The first kappa shape index (κ1) is 16.1. The van der Waals surface area contributed by atoms with Crippen LogP contribution in [0.25, 0.3) is 11.4 Å². The number of fused-ring (bicyclic) bond motifs is 1. The minimum absolute atomic E-state index is 0.0776. The van der Waals surface area contributed by atoms with Gasteiger partial charge in [-0.05, 0) is 43.7 Å². The van der Waals surface area contributed by atoms with Crippen LogP contribution < -0.4 is 5.32 Å². The van der Waals surface area contributed by atoms with E-state index >= 15 is 0 Å². The lowest BCUT2D eigenvalue weighted by Crippen LogP contribution is -2.14. The van der Waals surface area contributed by atoms with Gasteiger partial charge in [0.05, 0.1) is 0 Å². The van der Waals surface area contributed by atoms with Crippen LogP contribution in [0.3, 0.4) is 0 Å². The van der Waals surface area contributed by atoms with Gasteiger partial charge in [0, 0.05) is 30.6 Å². The predicted octanol–water partition coefficient (Wildman–Crippen LogP) is 3.97. The number of allylic oxidation sites excluding steroid dienone is 2. The molecule has 0 spiro atoms. The van der Waals surface area contributed by atoms with Crippen molar-refractivity contribution in [1.29, 1.82) is 0 Å². The number of hydrogen-bond donors (Lipinski definition) is 1. The molecule has 25 heavy (non-hydrogen) atoms. The number of nitrogens with zero attached hydrogens (tertiary/aromatic N) is 3. The zero-order valence-corrected chi connectivity index (χ0v) is 14.4. The highest BCUT2D eigenvalue weighted by molar-refractivity contribution is 5.91. The van der Waals surface area contributed by atoms with Gasteiger partial charge in [-0.15, -0.1) is 10.2 Å². The molecule has 0 radical (unpaired) electrons. The molecule has 0 fully saturated rings. The third-order valence-corrected chi connectivity index (χ3v) is 5.07. The summed E-state index contributed by atoms with van der Waals surface area (Å²) in [4.78, 5) is 12.3. The average Bonchev–Trinajstić information content (AvgIpc) is 3.20. The Morgan fingerprint density at radius 1 is 1.24 bits per heavy atom. The maximum Gasteiger partial charge on any atom is 0.224 e. The van der Waals surface area contributed by atoms with Crippen LogP contribution in [0.15, 0.2) is 36.4 Å². The van der Waals surface area contributed by atoms with Gasteiger partial charge in [0.2, 0.25) is 5.91 Å². The van der Waals surface area contributed by atoms with Gasteiger partial charge in [-0.25, -0.2) is 0 Å². The number of aryl methyl sites for hydroxylation is 1. The fourth-order valence-corrected chi connectivity index (χ4v) is 3.75. The SMILES string of the molecule is O=C(C[C@@H]1C=CCC1)Nc1cccc(-c2nnc3n2CCCCC3)c1. The summed E-state index contributed by atoms with van der Waals surface area (Å²) in [5.74, 6) is 2.45. The summed E-state index contributed by atoms with van der Waals surface area (Å²) in [6.07, 6.45) is 11.6. The zero-order chi connectivity index (χ0) is 17.1. The molecule has 130 valence electrons. The highest BCUT2D eigenvalue weighted by atomic mass is 16.1. The van der Waals surface area contributed by atoms with E-state index < -0.39 is 0 Å². The molecule has 1 aromatic carbocycles. The van der Waals surface area contributed by atoms with Crippen LogP contribution in [-0.2, 0) is 17.8 Å². The monoisotopic (exact) mass is 336 g/mol. The molecular weight excluding hydrogens is 312 g/mol. The highest BCUT2D eigenvalue weighted by Gasteiger charge is 2.17. The van der Waals surface area contributed by atoms with Crippen LogP contribution in [0.2, 0.25) is 0 Å². The summed E-state index contributed by atoms with van der Waals surface area (Å²) in [6, 6.07) is 7.95. The number of carbonyl (C=O) groups is 1. The molecule has 0 saturated carbocycles. The Morgan fingerprint density at radius 3 is 3.08 bits per heavy atom. The molecule has 1 aliphatic heterocycles. The van der Waals surface area contributed by atoms with E-state index in [2.05, 4.69) is 32.2 Å². The lowest BCUT2D eigenvalue weighted by Gasteiger charge is -2.11. The highest BCUT2D eigenvalue weighted by Crippen LogP contribution is 2.26. The first-order valence-electron chi connectivity index (χ1n) is 9.28. The van der Waals surface area contributed by atoms with Crippen LogP contribution in [0, 0.1) is 5.92 Å². The Balaban J connectivity index is 1.51. The number of rotatable bonds is 4. The largest absolute Gasteiger partial charge is 0.326 e. The van der Waals surface area contributed by atoms with Gasteiger partial charge >= 0.3 is 0 Å². The summed E-state index contributed by atoms with van der Waals surface area (Å²) in [7, 11) is 0. The molecule has 1 atom stereocenters. The molecule has 1 aromatic heterocycles. The van der Waals surface area contributed by atoms with Crippen molar-refractivity contribution in [3.05, 3.63) is 42.2 Å². The van der Waals surface area contributed by atoms with Crippen LogP contribution in [-0.4, -0.2) is 20.7 Å². The summed E-state index contributed by atoms with van der Waals surface area (Å²) >= 11 is 0. The smallest absolute Gasteiger partial charge is 0.224 e. The van der Waals surface area contributed by atoms with Crippen molar-refractivity contribution in [2.75, 3.05) is 5.32 Å². The Bertz CT molecular complexity index is 793. The first-order chi connectivity index (χ1) is 12.3. The molecule has 5 nitrogen and oxygen atoms in total. The van der Waals surface area contributed by atoms with E-state index in [0.717, 1.165) is 48.7 Å². The normalized spacial score (nSPS) is 19.4. The number of benzene rings is 1. The molecule has 2 aromatic rings. The molecule has 1 N–H and O–H groups in total. The summed E-state index contributed by atoms with van der Waals surface area (Å²) < 4.78 is 2.23. The quantitative estimate of drug-likeness (QED) is 0.860. The molecule has 4 rings (SSSR count). The predicted molar refractivity (Wildman–Crippen MR) is 98.1 cm³/mol. The second-order valence-corrected chi connectivity index (χ2v) is 7.00. The molecule has 1 aliphatic carbocycles. The van der Waals surface area contributed by atoms with Crippen LogP contribution in [0.4, 0.5) is 5.69 Å². The Hall–Kier alpha value is -2.43. The van der Waals surface area contributed by atoms with Gasteiger partial charge in [0.1, 0.15) is 5.82 Å². The van der Waals surface area contributed by atoms with Gasteiger partial charge in [-0.3, -0.25) is 4.79 Å². The van der Waals surface area contributed by atoms with E-state index in [1.807, 2.05) is 24.3 Å². The molecule has 1 amide bonds. The Labute approximate surface area is 148 Å². The van der Waals surface area contributed by atoms with E-state index in [9.17, 15) is 4.79 Å². The van der Waals surface area contributed by atoms with Crippen molar-refractivity contribution >= 4 is 11.6 Å². The maximum absolute atomic E-state index is 12.3. The molecule has 2 heterocycles. The Kier molecular flexibility index (Phi) is 4.63. The number of hydrogen-bond acceptors (Lipinski definition) is 3. The fraction of sp³-hybridized carbons (Fsp3) is 0.450. The lowest BCUT2D eigenvalue weighted by molar-refractivity contribution is -0.116. The number of anilines is 1. The topological polar surface area (TPSA) is 59.8 Å². The van der Waals surface area contributed by atoms with Crippen molar-refractivity contribution < 1.29 is 4.79 Å². The summed E-state index contributed by atoms with van der Waals surface area (Å²) in [5, 5.41) is 11.8. The molecular formula is C20H24N4O. The average molecular weight is 336 g/mol. The molecule has 0 saturated heterocycles. The van der Waals surface area contributed by atoms with E-state index in [0.29, 0.717) is 12.3 Å². The number of nitrogens with one attached hydrogen (secondary N) is 1. The lowest BCUT2D eigenvalue weighted by atomic mass is 10.0. The zero-order valence-electron chi connectivity index (χ0n) is 14.4. The van der Waals surface area contributed by atoms with E-state index in [1.165, 1.54) is 19.3 Å². The van der Waals surface area contributed by atoms with Gasteiger partial charge < -0.3 is 9.88 Å². The van der Waals surface area contributed by atoms with Crippen molar-refractivity contribution in [2.45, 2.75) is 51.5 Å². The molecule has 2 aliphatic rings. The fourth-order valence-electron chi connectivity index (χ4n) is 3.75. The van der Waals surface area contributed by atoms with Gasteiger partial charge in [-0.1, -0.05) is 30.7 Å². The number of amides is 1. The Morgan fingerprint density at radius 2 is 2.20 bits per heavy atom. The molecule has 0 bridgehead atoms. The minimum atomic E-state index is 0.0776. The third kappa shape index (κ3) is 3.65. The molecule has 0 unspecified atom stereocenters. The third-order valence-electron chi connectivity index (χ3n) is 5.07. The van der Waals surface area contributed by atoms with Gasteiger partial charge in [0.25, 0.3) is 0 Å². The van der Waals surface area contributed by atoms with Crippen molar-refractivity contribution in [2.24, 2.45) is 5.92 Å². The first-order valence-corrected chi connectivity index (χ1v) is 9.28. The second kappa shape index (κ2) is 7.21. The van der Waals surface area contributed by atoms with Crippen molar-refractivity contribution in [1.82, 2.24) is 14.8 Å². The maximum atomic E-state index is 12.3. The summed E-state index contributed by atoms with van der Waals surface area (Å²) in [6.45, 7) is 0.974. The van der Waals surface area contributed by atoms with Crippen molar-refractivity contribution in [3.8, 4) is 11.4 Å². The minimum Gasteiger partial charge on any atom is -0.326 e. The van der Waals surface area contributed by atoms with Crippen LogP contribution in [0.5, 0.6) is 0 Å². The van der Waals surface area contributed by atoms with Crippen molar-refractivity contribution in [3.63, 3.8) is 0 Å². The van der Waals surface area contributed by atoms with Gasteiger partial charge in [-0.2, -0.15) is 0 Å². The van der Waals surface area contributed by atoms with Gasteiger partial charge in [0.15, 0.2) is 5.82 Å². The number of carbonyl (C=O) groups excluding carboxylic acids is 1. The standard InChI is InChI=1S/C20H24N4O/c25-19(13-15-7-3-4-8-15)21-17-10-6-9-16(14-17)20-23-22-18-11-2-1-5-12-24(18)20/h3,6-7,9-10,14-15H,1-2,4-5,8,11-13H2,(H,21,25)/t15-/m1/s1. The molecule has 5 heteroatoms. The van der Waals surface area contributed by atoms with Crippen LogP contribution >= 0.6 is 0 Å².